The Hall–Kier alpha value is -1.30. The maximum absolute atomic E-state index is 12.1. The van der Waals surface area contributed by atoms with Crippen molar-refractivity contribution in [2.45, 2.75) is 11.8 Å². The monoisotopic (exact) mass is 316 g/mol. The van der Waals surface area contributed by atoms with Gasteiger partial charge in [0.25, 0.3) is 0 Å². The van der Waals surface area contributed by atoms with Crippen LogP contribution in [0.15, 0.2) is 47.6 Å². The highest BCUT2D eigenvalue weighted by Crippen LogP contribution is 2.17. The van der Waals surface area contributed by atoms with Crippen LogP contribution in [-0.4, -0.2) is 8.42 Å². The van der Waals surface area contributed by atoms with Gasteiger partial charge in [-0.25, -0.2) is 13.1 Å². The highest BCUT2D eigenvalue weighted by atomic mass is 35.5. The highest BCUT2D eigenvalue weighted by molar-refractivity contribution is 7.93. The van der Waals surface area contributed by atoms with E-state index >= 15 is 0 Å². The van der Waals surface area contributed by atoms with Crippen LogP contribution in [0.3, 0.4) is 0 Å². The van der Waals surface area contributed by atoms with Crippen LogP contribution >= 0.6 is 23.2 Å². The normalized spacial score (nSPS) is 11.3. The number of hydrogen-bond acceptors (Lipinski definition) is 2. The molecule has 0 unspecified atom stereocenters. The van der Waals surface area contributed by atoms with Crippen LogP contribution in [-0.2, 0) is 10.0 Å². The van der Waals surface area contributed by atoms with E-state index in [1.807, 2.05) is 6.92 Å². The third-order valence-corrected chi connectivity index (χ3v) is 3.99. The highest BCUT2D eigenvalue weighted by Gasteiger charge is 2.09. The molecule has 19 heavy (non-hydrogen) atoms. The summed E-state index contributed by atoms with van der Waals surface area (Å²) in [6, 6.07) is 7.91. The molecule has 1 aromatic heterocycles. The number of halogens is 2. The molecule has 0 radical (unpaired) electrons. The molecule has 0 N–H and O–H groups in total. The summed E-state index contributed by atoms with van der Waals surface area (Å²) in [6.07, 6.45) is 2.72. The molecule has 0 spiro atoms. The molecule has 1 heterocycles. The summed E-state index contributed by atoms with van der Waals surface area (Å²) in [5, 5.41) is 0.603. The number of aromatic nitrogens is 1. The first-order valence-electron chi connectivity index (χ1n) is 5.29. The molecule has 7 heteroatoms. The molecular weight excluding hydrogens is 307 g/mol. The molecule has 0 atom stereocenters. The molecule has 0 amide bonds. The van der Waals surface area contributed by atoms with E-state index in [1.165, 1.54) is 30.6 Å². The lowest BCUT2D eigenvalue weighted by Gasteiger charge is -2.14. The molecule has 0 aliphatic rings. The zero-order chi connectivity index (χ0) is 14.0. The van der Waals surface area contributed by atoms with E-state index in [1.54, 1.807) is 12.1 Å². The van der Waals surface area contributed by atoms with Gasteiger partial charge in [-0.1, -0.05) is 40.9 Å². The lowest BCUT2D eigenvalue weighted by Crippen LogP contribution is -2.31. The average molecular weight is 317 g/mol. The van der Waals surface area contributed by atoms with Gasteiger partial charge in [0.15, 0.2) is 22.4 Å². The number of nitrogens with zero attached hydrogens (tertiary/aromatic N) is 2. The van der Waals surface area contributed by atoms with Gasteiger partial charge in [-0.05, 0) is 25.1 Å². The predicted molar refractivity (Wildman–Crippen MR) is 73.8 cm³/mol. The number of sulfonamides is 1. The molecule has 2 rings (SSSR count). The van der Waals surface area contributed by atoms with Crippen molar-refractivity contribution in [3.63, 3.8) is 0 Å². The second-order valence-electron chi connectivity index (χ2n) is 3.92. The molecule has 100 valence electrons. The molecular formula is C12H10Cl2N2O2S. The van der Waals surface area contributed by atoms with Crippen LogP contribution in [0.1, 0.15) is 5.56 Å². The summed E-state index contributed by atoms with van der Waals surface area (Å²) in [5.74, 6) is 0. The van der Waals surface area contributed by atoms with Crippen LogP contribution in [0.25, 0.3) is 4.83 Å². The minimum atomic E-state index is -3.79. The van der Waals surface area contributed by atoms with Crippen molar-refractivity contribution in [1.82, 2.24) is 0 Å². The van der Waals surface area contributed by atoms with Crippen LogP contribution in [0, 0.1) is 6.92 Å². The van der Waals surface area contributed by atoms with E-state index in [0.717, 1.165) is 10.2 Å². The summed E-state index contributed by atoms with van der Waals surface area (Å²) >= 11 is 11.6. The van der Waals surface area contributed by atoms with Gasteiger partial charge in [-0.2, -0.15) is 0 Å². The van der Waals surface area contributed by atoms with E-state index in [4.69, 9.17) is 23.2 Å². The van der Waals surface area contributed by atoms with Crippen LogP contribution in [0.5, 0.6) is 0 Å². The molecule has 1 aromatic carbocycles. The number of aryl methyl sites for hydroxylation is 1. The lowest BCUT2D eigenvalue weighted by molar-refractivity contribution is -0.613. The first kappa shape index (κ1) is 14.1. The largest absolute Gasteiger partial charge is 0.318 e. The number of rotatable bonds is 3. The van der Waals surface area contributed by atoms with Crippen molar-refractivity contribution >= 4 is 33.2 Å². The maximum Gasteiger partial charge on any atom is 0.183 e. The second kappa shape index (κ2) is 5.36. The van der Waals surface area contributed by atoms with Crippen LogP contribution in [0.2, 0.25) is 10.0 Å². The molecule has 2 aromatic rings. The molecule has 0 fully saturated rings. The van der Waals surface area contributed by atoms with Crippen molar-refractivity contribution in [2.24, 2.45) is 0 Å². The van der Waals surface area contributed by atoms with E-state index in [-0.39, 0.29) is 4.90 Å². The maximum atomic E-state index is 12.1. The topological polar surface area (TPSA) is 52.1 Å². The van der Waals surface area contributed by atoms with E-state index in [0.29, 0.717) is 10.0 Å². The summed E-state index contributed by atoms with van der Waals surface area (Å²) in [5.41, 5.74) is 0.970. The molecule has 0 aliphatic carbocycles. The lowest BCUT2D eigenvalue weighted by atomic mass is 10.2. The Bertz CT molecular complexity index is 680. The third kappa shape index (κ3) is 3.59. The van der Waals surface area contributed by atoms with Gasteiger partial charge in [0.05, 0.1) is 4.90 Å². The Labute approximate surface area is 121 Å². The Morgan fingerprint density at radius 1 is 1.05 bits per heavy atom. The summed E-state index contributed by atoms with van der Waals surface area (Å²) < 4.78 is 25.2. The summed E-state index contributed by atoms with van der Waals surface area (Å²) in [4.78, 5) is 3.75. The van der Waals surface area contributed by atoms with Gasteiger partial charge in [-0.3, -0.25) is 0 Å². The molecule has 0 saturated carbocycles. The van der Waals surface area contributed by atoms with Gasteiger partial charge in [0.1, 0.15) is 10.0 Å². The van der Waals surface area contributed by atoms with Crippen molar-refractivity contribution < 1.29 is 13.1 Å². The van der Waals surface area contributed by atoms with Gasteiger partial charge < -0.3 is 4.83 Å². The van der Waals surface area contributed by atoms with Crippen molar-refractivity contribution in [3.05, 3.63) is 63.2 Å². The third-order valence-electron chi connectivity index (χ3n) is 2.31. The van der Waals surface area contributed by atoms with Gasteiger partial charge in [0.2, 0.25) is 0 Å². The minimum absolute atomic E-state index is 0.113. The van der Waals surface area contributed by atoms with Gasteiger partial charge in [0, 0.05) is 0 Å². The summed E-state index contributed by atoms with van der Waals surface area (Å²) in [7, 11) is -3.79. The Kier molecular flexibility index (Phi) is 3.99. The molecule has 0 aliphatic heterocycles. The van der Waals surface area contributed by atoms with Crippen LogP contribution in [0.4, 0.5) is 0 Å². The average Bonchev–Trinajstić information content (AvgIpc) is 2.27. The van der Waals surface area contributed by atoms with Gasteiger partial charge in [-0.15, -0.1) is 0 Å². The van der Waals surface area contributed by atoms with Crippen molar-refractivity contribution in [1.29, 1.82) is 0 Å². The zero-order valence-corrected chi connectivity index (χ0v) is 12.2. The Balaban J connectivity index is 2.33. The van der Waals surface area contributed by atoms with E-state index in [9.17, 15) is 8.42 Å². The van der Waals surface area contributed by atoms with E-state index in [2.05, 4.69) is 4.83 Å². The van der Waals surface area contributed by atoms with Crippen molar-refractivity contribution in [3.8, 4) is 0 Å². The summed E-state index contributed by atoms with van der Waals surface area (Å²) in [6.45, 7) is 1.87. The number of pyridine rings is 1. The van der Waals surface area contributed by atoms with Crippen LogP contribution < -0.4 is 4.68 Å². The fourth-order valence-electron chi connectivity index (χ4n) is 1.42. The first-order chi connectivity index (χ1) is 8.87. The fourth-order valence-corrected chi connectivity index (χ4v) is 2.83. The minimum Gasteiger partial charge on any atom is -0.318 e. The Morgan fingerprint density at radius 3 is 2.11 bits per heavy atom. The number of hydrogen-bond donors (Lipinski definition) is 0. The Morgan fingerprint density at radius 2 is 1.58 bits per heavy atom. The predicted octanol–water partition coefficient (Wildman–Crippen LogP) is 3.12. The quantitative estimate of drug-likeness (QED) is 0.817. The van der Waals surface area contributed by atoms with Gasteiger partial charge >= 0.3 is 0 Å². The second-order valence-corrected chi connectivity index (χ2v) is 6.38. The SMILES string of the molecule is Cc1ccc(S(=O)(=O)[N-][n+]2cc(Cl)cc(Cl)c2)cc1. The molecule has 4 nitrogen and oxygen atoms in total. The van der Waals surface area contributed by atoms with E-state index < -0.39 is 10.0 Å². The standard InChI is InChI=1S/C12H10Cl2N2O2S/c1-9-2-4-12(5-3-9)19(17,18)15-16-7-10(13)6-11(14)8-16/h2-8H,1H3. The number of benzene rings is 1. The van der Waals surface area contributed by atoms with Crippen molar-refractivity contribution in [2.75, 3.05) is 0 Å². The molecule has 0 saturated heterocycles. The smallest absolute Gasteiger partial charge is 0.183 e. The first-order valence-corrected chi connectivity index (χ1v) is 7.49. The zero-order valence-electron chi connectivity index (χ0n) is 9.92. The molecule has 0 bridgehead atoms. The fraction of sp³-hybridized carbons (Fsp3) is 0.0833.